The van der Waals surface area contributed by atoms with Crippen molar-refractivity contribution in [2.75, 3.05) is 0 Å². The molecule has 0 radical (unpaired) electrons. The minimum Gasteiger partial charge on any atom is -0.435 e. The molecule has 2 aromatic heterocycles. The molecule has 0 aliphatic rings. The Balaban J connectivity index is 1.86. The van der Waals surface area contributed by atoms with Gasteiger partial charge in [-0.2, -0.15) is 8.78 Å². The van der Waals surface area contributed by atoms with Gasteiger partial charge in [0.1, 0.15) is 11.9 Å². The number of imidazole rings is 1. The van der Waals surface area contributed by atoms with Gasteiger partial charge in [-0.3, -0.25) is 4.79 Å². The maximum Gasteiger partial charge on any atom is 0.387 e. The molecule has 0 aliphatic carbocycles. The Bertz CT molecular complexity index is 958. The molecule has 0 saturated heterocycles. The fourth-order valence-corrected chi connectivity index (χ4v) is 3.26. The van der Waals surface area contributed by atoms with E-state index in [1.165, 1.54) is 12.1 Å². The van der Waals surface area contributed by atoms with E-state index >= 15 is 0 Å². The number of Topliss-reactive ketones (excluding diaryl/α,β-unsaturated/α-hetero) is 1. The number of ether oxygens (including phenoxy) is 1. The number of halogens is 3. The summed E-state index contributed by atoms with van der Waals surface area (Å²) in [5.74, 6) is 0.0455. The van der Waals surface area contributed by atoms with Crippen LogP contribution in [0.5, 0.6) is 5.75 Å². The van der Waals surface area contributed by atoms with Crippen molar-refractivity contribution in [2.24, 2.45) is 7.05 Å². The maximum atomic E-state index is 12.7. The second-order valence-corrected chi connectivity index (χ2v) is 6.65. The van der Waals surface area contributed by atoms with Crippen molar-refractivity contribution in [1.29, 1.82) is 0 Å². The first kappa shape index (κ1) is 19.1. The number of hydrogen-bond acceptors (Lipinski definition) is 2. The summed E-state index contributed by atoms with van der Waals surface area (Å²) in [5, 5.41) is 0.541. The van der Waals surface area contributed by atoms with E-state index in [4.69, 9.17) is 11.6 Å². The predicted molar refractivity (Wildman–Crippen MR) is 96.8 cm³/mol. The number of aromatic nitrogens is 3. The minimum absolute atomic E-state index is 0.0423. The summed E-state index contributed by atoms with van der Waals surface area (Å²) in [6, 6.07) is 8.13. The molecule has 0 amide bonds. The third-order valence-electron chi connectivity index (χ3n) is 4.31. The van der Waals surface area contributed by atoms with E-state index < -0.39 is 6.61 Å². The average molecular weight is 395 g/mol. The fourth-order valence-electron chi connectivity index (χ4n) is 3.10. The molecule has 3 rings (SSSR count). The molecule has 0 unspecified atom stereocenters. The van der Waals surface area contributed by atoms with Crippen molar-refractivity contribution in [3.8, 4) is 11.4 Å². The van der Waals surface area contributed by atoms with Crippen LogP contribution in [0.2, 0.25) is 5.15 Å². The van der Waals surface area contributed by atoms with Crippen LogP contribution in [0.15, 0.2) is 42.9 Å². The predicted octanol–water partition coefficient (Wildman–Crippen LogP) is 3.86. The van der Waals surface area contributed by atoms with E-state index in [0.29, 0.717) is 10.7 Å². The topological polar surface area (TPSA) is 40.0 Å². The molecule has 27 heavy (non-hydrogen) atoms. The van der Waals surface area contributed by atoms with E-state index in [1.807, 2.05) is 24.5 Å². The van der Waals surface area contributed by atoms with Crippen molar-refractivity contribution in [1.82, 2.24) is 9.13 Å². The van der Waals surface area contributed by atoms with Crippen LogP contribution in [0.1, 0.15) is 21.7 Å². The number of benzene rings is 1. The first-order chi connectivity index (χ1) is 12.8. The molecule has 8 heteroatoms. The highest BCUT2D eigenvalue weighted by atomic mass is 35.5. The number of nitrogens with zero attached hydrogens (tertiary/aromatic N) is 3. The molecular weight excluding hydrogens is 376 g/mol. The summed E-state index contributed by atoms with van der Waals surface area (Å²) < 4.78 is 34.3. The summed E-state index contributed by atoms with van der Waals surface area (Å²) >= 11 is 6.01. The van der Waals surface area contributed by atoms with Gasteiger partial charge in [0.2, 0.25) is 17.3 Å². The Morgan fingerprint density at radius 3 is 2.48 bits per heavy atom. The minimum atomic E-state index is -2.86. The molecule has 1 aromatic carbocycles. The lowest BCUT2D eigenvalue weighted by Gasteiger charge is -2.11. The smallest absolute Gasteiger partial charge is 0.387 e. The monoisotopic (exact) mass is 394 g/mol. The zero-order chi connectivity index (χ0) is 19.7. The van der Waals surface area contributed by atoms with Crippen LogP contribution < -0.4 is 9.30 Å². The second kappa shape index (κ2) is 7.52. The highest BCUT2D eigenvalue weighted by Crippen LogP contribution is 2.24. The Labute approximate surface area is 160 Å². The Morgan fingerprint density at radius 1 is 1.26 bits per heavy atom. The number of ketones is 1. The maximum absolute atomic E-state index is 12.7. The molecule has 5 nitrogen and oxygen atoms in total. The van der Waals surface area contributed by atoms with Crippen LogP contribution >= 0.6 is 11.6 Å². The van der Waals surface area contributed by atoms with Crippen LogP contribution in [0, 0.1) is 13.8 Å². The number of aryl methyl sites for hydroxylation is 2. The highest BCUT2D eigenvalue weighted by Gasteiger charge is 2.20. The van der Waals surface area contributed by atoms with Gasteiger partial charge >= 0.3 is 6.61 Å². The van der Waals surface area contributed by atoms with Crippen LogP contribution in [0.25, 0.3) is 5.69 Å². The highest BCUT2D eigenvalue weighted by molar-refractivity contribution is 6.29. The molecule has 0 atom stereocenters. The van der Waals surface area contributed by atoms with E-state index in [-0.39, 0.29) is 18.1 Å². The summed E-state index contributed by atoms with van der Waals surface area (Å²) in [7, 11) is 1.80. The molecule has 0 aliphatic heterocycles. The number of hydrogen-bond donors (Lipinski definition) is 0. The second-order valence-electron chi connectivity index (χ2n) is 6.27. The summed E-state index contributed by atoms with van der Waals surface area (Å²) in [6.45, 7) is 1.05. The van der Waals surface area contributed by atoms with Crippen LogP contribution in [-0.4, -0.2) is 21.5 Å². The first-order valence-electron chi connectivity index (χ1n) is 8.24. The number of rotatable bonds is 6. The van der Waals surface area contributed by atoms with Crippen molar-refractivity contribution in [2.45, 2.75) is 27.0 Å². The molecule has 0 fully saturated rings. The molecule has 0 spiro atoms. The lowest BCUT2D eigenvalue weighted by Crippen LogP contribution is -2.35. The average Bonchev–Trinajstić information content (AvgIpc) is 3.06. The number of carbonyl (C=O) groups is 1. The van der Waals surface area contributed by atoms with E-state index in [2.05, 4.69) is 4.74 Å². The number of alkyl halides is 2. The van der Waals surface area contributed by atoms with Gasteiger partial charge in [-0.25, -0.2) is 9.13 Å². The molecule has 0 N–H and O–H groups in total. The van der Waals surface area contributed by atoms with E-state index in [0.717, 1.165) is 17.1 Å². The lowest BCUT2D eigenvalue weighted by molar-refractivity contribution is -0.682. The fraction of sp³-hybridized carbons (Fsp3) is 0.263. The molecular formula is C19H19ClF2N3O2+. The Morgan fingerprint density at radius 2 is 1.93 bits per heavy atom. The van der Waals surface area contributed by atoms with Gasteiger partial charge < -0.3 is 9.30 Å². The Kier molecular flexibility index (Phi) is 5.32. The zero-order valence-electron chi connectivity index (χ0n) is 15.1. The zero-order valence-corrected chi connectivity index (χ0v) is 15.9. The third kappa shape index (κ3) is 4.03. The van der Waals surface area contributed by atoms with E-state index in [1.54, 1.807) is 40.8 Å². The van der Waals surface area contributed by atoms with Crippen molar-refractivity contribution in [3.63, 3.8) is 0 Å². The quantitative estimate of drug-likeness (QED) is 0.470. The van der Waals surface area contributed by atoms with Gasteiger partial charge in [-0.05, 0) is 55.8 Å². The summed E-state index contributed by atoms with van der Waals surface area (Å²) in [6.07, 6.45) is 3.45. The van der Waals surface area contributed by atoms with Crippen molar-refractivity contribution < 1.29 is 22.9 Å². The molecule has 142 valence electrons. The van der Waals surface area contributed by atoms with Crippen molar-refractivity contribution >= 4 is 17.4 Å². The standard InChI is InChI=1S/C19H19ClF2N3O2/c1-12-8-16(17(26)9-24-10-18(20)23(3)11-24)13(2)25(12)14-4-6-15(7-5-14)27-19(21)22/h4-8,10-11,19H,9H2,1-3H3/q+1. The van der Waals surface area contributed by atoms with Gasteiger partial charge in [0, 0.05) is 22.6 Å². The molecule has 0 saturated carbocycles. The summed E-state index contributed by atoms with van der Waals surface area (Å²) in [5.41, 5.74) is 3.02. The largest absolute Gasteiger partial charge is 0.435 e. The Hall–Kier alpha value is -2.67. The van der Waals surface area contributed by atoms with Crippen LogP contribution in [-0.2, 0) is 13.6 Å². The molecule has 2 heterocycles. The van der Waals surface area contributed by atoms with Crippen LogP contribution in [0.4, 0.5) is 8.78 Å². The van der Waals surface area contributed by atoms with Gasteiger partial charge in [0.15, 0.2) is 6.54 Å². The first-order valence-corrected chi connectivity index (χ1v) is 8.62. The van der Waals surface area contributed by atoms with Crippen LogP contribution in [0.3, 0.4) is 0 Å². The molecule has 3 aromatic rings. The number of carbonyl (C=O) groups excluding carboxylic acids is 1. The van der Waals surface area contributed by atoms with Crippen molar-refractivity contribution in [3.05, 3.63) is 65.0 Å². The summed E-state index contributed by atoms with van der Waals surface area (Å²) in [4.78, 5) is 12.7. The third-order valence-corrected chi connectivity index (χ3v) is 4.67. The van der Waals surface area contributed by atoms with Gasteiger partial charge in [0.25, 0.3) is 0 Å². The van der Waals surface area contributed by atoms with Gasteiger partial charge in [-0.1, -0.05) is 0 Å². The normalized spacial score (nSPS) is 11.2. The lowest BCUT2D eigenvalue weighted by atomic mass is 10.1. The molecule has 0 bridgehead atoms. The van der Waals surface area contributed by atoms with Gasteiger partial charge in [0.05, 0.1) is 7.05 Å². The SMILES string of the molecule is Cc1cc(C(=O)C[n+]2cc(Cl)n(C)c2)c(C)n1-c1ccc(OC(F)F)cc1. The van der Waals surface area contributed by atoms with Gasteiger partial charge in [-0.15, -0.1) is 0 Å². The van der Waals surface area contributed by atoms with E-state index in [9.17, 15) is 13.6 Å².